The summed E-state index contributed by atoms with van der Waals surface area (Å²) in [6, 6.07) is 7.69. The summed E-state index contributed by atoms with van der Waals surface area (Å²) < 4.78 is 11.6. The van der Waals surface area contributed by atoms with Gasteiger partial charge in [-0.15, -0.1) is 6.42 Å². The maximum Gasteiger partial charge on any atom is 0.411 e. The van der Waals surface area contributed by atoms with Crippen LogP contribution >= 0.6 is 0 Å². The van der Waals surface area contributed by atoms with E-state index in [9.17, 15) is 4.79 Å². The number of hydrogen-bond donors (Lipinski definition) is 0. The topological polar surface area (TPSA) is 51.7 Å². The van der Waals surface area contributed by atoms with Crippen LogP contribution in [0.3, 0.4) is 0 Å². The van der Waals surface area contributed by atoms with Gasteiger partial charge < -0.3 is 9.47 Å². The molecular formula is C23H30N2O3. The van der Waals surface area contributed by atoms with Gasteiger partial charge in [0.05, 0.1) is 13.1 Å². The quantitative estimate of drug-likeness (QED) is 0.658. The molecule has 1 aromatic heterocycles. The van der Waals surface area contributed by atoms with Crippen molar-refractivity contribution in [2.45, 2.75) is 59.8 Å². The van der Waals surface area contributed by atoms with E-state index in [-0.39, 0.29) is 24.2 Å². The lowest BCUT2D eigenvalue weighted by Gasteiger charge is -2.25. The number of benzene rings is 1. The van der Waals surface area contributed by atoms with Crippen molar-refractivity contribution in [2.75, 3.05) is 6.54 Å². The normalized spacial score (nSPS) is 12.5. The highest BCUT2D eigenvalue weighted by atomic mass is 16.6. The molecule has 1 unspecified atom stereocenters. The van der Waals surface area contributed by atoms with Gasteiger partial charge in [-0.25, -0.2) is 4.79 Å². The van der Waals surface area contributed by atoms with Gasteiger partial charge in [0.15, 0.2) is 0 Å². The first-order valence-corrected chi connectivity index (χ1v) is 9.57. The summed E-state index contributed by atoms with van der Waals surface area (Å²) in [5.74, 6) is 3.49. The van der Waals surface area contributed by atoms with Crippen LogP contribution in [-0.2, 0) is 11.3 Å². The minimum atomic E-state index is -0.411. The Morgan fingerprint density at radius 1 is 1.25 bits per heavy atom. The third-order valence-corrected chi connectivity index (χ3v) is 4.37. The zero-order valence-corrected chi connectivity index (χ0v) is 17.7. The van der Waals surface area contributed by atoms with Crippen molar-refractivity contribution >= 4 is 17.0 Å². The number of terminal acetylenes is 1. The maximum absolute atomic E-state index is 12.6. The minimum absolute atomic E-state index is 0.172. The Morgan fingerprint density at radius 2 is 1.96 bits per heavy atom. The van der Waals surface area contributed by atoms with Crippen LogP contribution < -0.4 is 4.74 Å². The highest BCUT2D eigenvalue weighted by Gasteiger charge is 2.21. The van der Waals surface area contributed by atoms with Crippen LogP contribution in [0.1, 0.15) is 47.1 Å². The third kappa shape index (κ3) is 5.63. The van der Waals surface area contributed by atoms with E-state index in [0.29, 0.717) is 12.3 Å². The van der Waals surface area contributed by atoms with Crippen molar-refractivity contribution in [3.63, 3.8) is 0 Å². The molecule has 0 N–H and O–H groups in total. The van der Waals surface area contributed by atoms with Gasteiger partial charge >= 0.3 is 6.09 Å². The second-order valence-corrected chi connectivity index (χ2v) is 8.23. The third-order valence-electron chi connectivity index (χ3n) is 4.37. The van der Waals surface area contributed by atoms with Crippen LogP contribution in [0.5, 0.6) is 5.75 Å². The summed E-state index contributed by atoms with van der Waals surface area (Å²) >= 11 is 0. The van der Waals surface area contributed by atoms with Crippen molar-refractivity contribution in [3.8, 4) is 18.1 Å². The summed E-state index contributed by atoms with van der Waals surface area (Å²) in [5.41, 5.74) is 1.37. The molecule has 5 heteroatoms. The molecule has 1 atom stereocenters. The van der Waals surface area contributed by atoms with Gasteiger partial charge in [-0.1, -0.05) is 31.9 Å². The molecule has 1 heterocycles. The van der Waals surface area contributed by atoms with Crippen LogP contribution in [0.2, 0.25) is 0 Å². The Balaban J connectivity index is 2.34. The highest BCUT2D eigenvalue weighted by Crippen LogP contribution is 2.30. The van der Waals surface area contributed by atoms with Crippen LogP contribution in [0, 0.1) is 18.3 Å². The van der Waals surface area contributed by atoms with Crippen molar-refractivity contribution in [3.05, 3.63) is 36.0 Å². The smallest absolute Gasteiger partial charge is 0.411 e. The first-order chi connectivity index (χ1) is 13.1. The van der Waals surface area contributed by atoms with Crippen LogP contribution in [0.4, 0.5) is 4.79 Å². The summed E-state index contributed by atoms with van der Waals surface area (Å²) in [6.45, 7) is 12.4. The van der Waals surface area contributed by atoms with Gasteiger partial charge in [-0.05, 0) is 51.3 Å². The molecule has 2 aromatic rings. The fourth-order valence-electron chi connectivity index (χ4n) is 2.63. The Hall–Kier alpha value is -2.74. The van der Waals surface area contributed by atoms with Crippen LogP contribution in [-0.4, -0.2) is 34.2 Å². The average Bonchev–Trinajstić information content (AvgIpc) is 2.61. The van der Waals surface area contributed by atoms with Crippen LogP contribution in [0.25, 0.3) is 10.9 Å². The molecule has 0 radical (unpaired) electrons. The number of nitrogens with zero attached hydrogens (tertiary/aromatic N) is 2. The lowest BCUT2D eigenvalue weighted by Crippen LogP contribution is -2.35. The molecule has 0 saturated carbocycles. The van der Waals surface area contributed by atoms with Crippen molar-refractivity contribution in [2.24, 2.45) is 5.92 Å². The van der Waals surface area contributed by atoms with E-state index in [0.717, 1.165) is 16.5 Å². The second kappa shape index (κ2) is 8.97. The van der Waals surface area contributed by atoms with Gasteiger partial charge in [0.25, 0.3) is 0 Å². The number of fused-ring (bicyclic) bond motifs is 1. The molecule has 1 aromatic carbocycles. The van der Waals surface area contributed by atoms with Crippen LogP contribution in [0.15, 0.2) is 30.5 Å². The first-order valence-electron chi connectivity index (χ1n) is 9.57. The van der Waals surface area contributed by atoms with E-state index < -0.39 is 6.09 Å². The summed E-state index contributed by atoms with van der Waals surface area (Å²) in [5, 5.41) is 0.927. The summed E-state index contributed by atoms with van der Waals surface area (Å²) in [6.07, 6.45) is 6.62. The standard InChI is InChI=1S/C23H30N2O3/c1-8-14-25(22(26)27-17(4)16(2)3)15-18-11-12-20(28-23(5,6)7)21-19(18)10-9-13-24-21/h1,9-13,16-17H,14-15H2,2-7H3. The monoisotopic (exact) mass is 382 g/mol. The minimum Gasteiger partial charge on any atom is -0.486 e. The largest absolute Gasteiger partial charge is 0.486 e. The van der Waals surface area contributed by atoms with Gasteiger partial charge in [0.1, 0.15) is 23.0 Å². The predicted molar refractivity (Wildman–Crippen MR) is 112 cm³/mol. The number of carbonyl (C=O) groups is 1. The van der Waals surface area contributed by atoms with E-state index in [1.807, 2.05) is 65.8 Å². The molecule has 0 saturated heterocycles. The fraction of sp³-hybridized carbons (Fsp3) is 0.478. The molecule has 5 nitrogen and oxygen atoms in total. The highest BCUT2D eigenvalue weighted by molar-refractivity contribution is 5.87. The molecule has 0 bridgehead atoms. The SMILES string of the molecule is C#CCN(Cc1ccc(OC(C)(C)C)c2ncccc12)C(=O)OC(C)C(C)C. The zero-order valence-electron chi connectivity index (χ0n) is 17.7. The number of pyridine rings is 1. The van der Waals surface area contributed by atoms with E-state index in [2.05, 4.69) is 10.9 Å². The van der Waals surface area contributed by atoms with Crippen molar-refractivity contribution in [1.29, 1.82) is 0 Å². The average molecular weight is 383 g/mol. The Labute approximate surface area is 168 Å². The molecule has 0 aliphatic heterocycles. The number of amides is 1. The molecule has 150 valence electrons. The molecule has 0 fully saturated rings. The zero-order chi connectivity index (χ0) is 20.9. The predicted octanol–water partition coefficient (Wildman–Crippen LogP) is 5.03. The Bertz CT molecular complexity index is 862. The molecule has 0 aliphatic rings. The maximum atomic E-state index is 12.6. The summed E-state index contributed by atoms with van der Waals surface area (Å²) in [4.78, 5) is 18.6. The lowest BCUT2D eigenvalue weighted by atomic mass is 10.1. The molecule has 28 heavy (non-hydrogen) atoms. The molecule has 0 spiro atoms. The van der Waals surface area contributed by atoms with Gasteiger partial charge in [-0.3, -0.25) is 9.88 Å². The molecule has 1 amide bonds. The molecular weight excluding hydrogens is 352 g/mol. The first kappa shape index (κ1) is 21.6. The fourth-order valence-corrected chi connectivity index (χ4v) is 2.63. The van der Waals surface area contributed by atoms with E-state index in [4.69, 9.17) is 15.9 Å². The van der Waals surface area contributed by atoms with Crippen molar-refractivity contribution < 1.29 is 14.3 Å². The number of carbonyl (C=O) groups excluding carboxylic acids is 1. The van der Waals surface area contributed by atoms with E-state index in [1.165, 1.54) is 4.90 Å². The molecule has 2 rings (SSSR count). The van der Waals surface area contributed by atoms with Crippen molar-refractivity contribution in [1.82, 2.24) is 9.88 Å². The number of hydrogen-bond acceptors (Lipinski definition) is 4. The lowest BCUT2D eigenvalue weighted by molar-refractivity contribution is 0.0522. The van der Waals surface area contributed by atoms with E-state index >= 15 is 0 Å². The summed E-state index contributed by atoms with van der Waals surface area (Å²) in [7, 11) is 0. The molecule has 0 aliphatic carbocycles. The van der Waals surface area contributed by atoms with Gasteiger partial charge in [-0.2, -0.15) is 0 Å². The number of rotatable bonds is 6. The number of ether oxygens (including phenoxy) is 2. The number of aromatic nitrogens is 1. The Kier molecular flexibility index (Phi) is 6.90. The second-order valence-electron chi connectivity index (χ2n) is 8.23. The van der Waals surface area contributed by atoms with Gasteiger partial charge in [0.2, 0.25) is 0 Å². The Morgan fingerprint density at radius 3 is 2.57 bits per heavy atom. The van der Waals surface area contributed by atoms with Gasteiger partial charge in [0, 0.05) is 11.6 Å². The van der Waals surface area contributed by atoms with E-state index in [1.54, 1.807) is 6.20 Å².